The van der Waals surface area contributed by atoms with E-state index in [1.807, 2.05) is 0 Å². The molecule has 1 aromatic heterocycles. The van der Waals surface area contributed by atoms with Gasteiger partial charge in [0.25, 0.3) is 0 Å². The topological polar surface area (TPSA) is 59.7 Å². The summed E-state index contributed by atoms with van der Waals surface area (Å²) in [5.41, 5.74) is 1.32. The zero-order valence-corrected chi connectivity index (χ0v) is 8.40. The third-order valence-corrected chi connectivity index (χ3v) is 2.38. The second kappa shape index (κ2) is 3.31. The maximum Gasteiger partial charge on any atom is 0.339 e. The fourth-order valence-corrected chi connectivity index (χ4v) is 1.57. The first-order valence-corrected chi connectivity index (χ1v) is 4.43. The molecule has 0 unspecified atom stereocenters. The summed E-state index contributed by atoms with van der Waals surface area (Å²) in [6, 6.07) is 3.16. The molecule has 2 aromatic rings. The predicted molar refractivity (Wildman–Crippen MR) is 54.0 cm³/mol. The SMILES string of the molecule is COC(=O)c1c(C)c(O)cc2occc12. The lowest BCUT2D eigenvalue weighted by atomic mass is 10.0. The van der Waals surface area contributed by atoms with Crippen LogP contribution in [0.5, 0.6) is 5.75 Å². The minimum atomic E-state index is -0.477. The molecule has 1 N–H and O–H groups in total. The van der Waals surface area contributed by atoms with Crippen molar-refractivity contribution in [2.24, 2.45) is 0 Å². The van der Waals surface area contributed by atoms with Crippen LogP contribution >= 0.6 is 0 Å². The maximum atomic E-state index is 11.5. The number of fused-ring (bicyclic) bond motifs is 1. The quantitative estimate of drug-likeness (QED) is 0.727. The first kappa shape index (κ1) is 9.58. The van der Waals surface area contributed by atoms with Gasteiger partial charge in [-0.25, -0.2) is 4.79 Å². The number of hydrogen-bond donors (Lipinski definition) is 1. The van der Waals surface area contributed by atoms with Crippen LogP contribution in [0, 0.1) is 6.92 Å². The zero-order valence-electron chi connectivity index (χ0n) is 8.40. The number of carbonyl (C=O) groups excluding carboxylic acids is 1. The molecule has 15 heavy (non-hydrogen) atoms. The molecule has 0 saturated heterocycles. The molecular weight excluding hydrogens is 196 g/mol. The second-order valence-corrected chi connectivity index (χ2v) is 3.22. The van der Waals surface area contributed by atoms with Gasteiger partial charge in [-0.3, -0.25) is 0 Å². The van der Waals surface area contributed by atoms with Crippen molar-refractivity contribution in [1.29, 1.82) is 0 Å². The molecule has 4 nitrogen and oxygen atoms in total. The summed E-state index contributed by atoms with van der Waals surface area (Å²) in [6.45, 7) is 1.66. The highest BCUT2D eigenvalue weighted by molar-refractivity contribution is 6.05. The number of benzene rings is 1. The Kier molecular flexibility index (Phi) is 2.11. The molecule has 0 aliphatic heterocycles. The van der Waals surface area contributed by atoms with Crippen LogP contribution in [0.4, 0.5) is 0 Å². The Morgan fingerprint density at radius 3 is 2.93 bits per heavy atom. The fourth-order valence-electron chi connectivity index (χ4n) is 1.57. The summed E-state index contributed by atoms with van der Waals surface area (Å²) < 4.78 is 9.78. The van der Waals surface area contributed by atoms with Crippen molar-refractivity contribution >= 4 is 16.9 Å². The normalized spacial score (nSPS) is 10.5. The highest BCUT2D eigenvalue weighted by Crippen LogP contribution is 2.30. The Morgan fingerprint density at radius 1 is 1.53 bits per heavy atom. The number of phenolic OH excluding ortho intramolecular Hbond substituents is 1. The third kappa shape index (κ3) is 1.34. The van der Waals surface area contributed by atoms with Crippen molar-refractivity contribution in [3.8, 4) is 5.75 Å². The molecular formula is C11H10O4. The average Bonchev–Trinajstić information content (AvgIpc) is 2.66. The van der Waals surface area contributed by atoms with Crippen LogP contribution in [-0.4, -0.2) is 18.2 Å². The number of carbonyl (C=O) groups is 1. The van der Waals surface area contributed by atoms with E-state index in [0.717, 1.165) is 0 Å². The van der Waals surface area contributed by atoms with Crippen molar-refractivity contribution in [3.63, 3.8) is 0 Å². The number of aromatic hydroxyl groups is 1. The maximum absolute atomic E-state index is 11.5. The minimum absolute atomic E-state index is 0.0258. The summed E-state index contributed by atoms with van der Waals surface area (Å²) >= 11 is 0. The number of methoxy groups -OCH3 is 1. The van der Waals surface area contributed by atoms with Gasteiger partial charge in [-0.15, -0.1) is 0 Å². The number of ether oxygens (including phenoxy) is 1. The van der Waals surface area contributed by atoms with E-state index in [2.05, 4.69) is 4.74 Å². The van der Waals surface area contributed by atoms with E-state index in [0.29, 0.717) is 22.1 Å². The van der Waals surface area contributed by atoms with Gasteiger partial charge in [0.1, 0.15) is 11.3 Å². The fraction of sp³-hybridized carbons (Fsp3) is 0.182. The van der Waals surface area contributed by atoms with E-state index in [1.165, 1.54) is 19.4 Å². The molecule has 1 heterocycles. The zero-order chi connectivity index (χ0) is 11.0. The molecule has 4 heteroatoms. The second-order valence-electron chi connectivity index (χ2n) is 3.22. The molecule has 0 aliphatic rings. The molecule has 0 bridgehead atoms. The molecule has 0 aliphatic carbocycles. The minimum Gasteiger partial charge on any atom is -0.508 e. The first-order valence-electron chi connectivity index (χ1n) is 4.43. The largest absolute Gasteiger partial charge is 0.508 e. The number of rotatable bonds is 1. The molecule has 0 atom stereocenters. The molecule has 0 amide bonds. The van der Waals surface area contributed by atoms with Crippen molar-refractivity contribution in [1.82, 2.24) is 0 Å². The summed E-state index contributed by atoms with van der Waals surface area (Å²) in [4.78, 5) is 11.5. The lowest BCUT2D eigenvalue weighted by Gasteiger charge is -2.06. The van der Waals surface area contributed by atoms with E-state index in [1.54, 1.807) is 13.0 Å². The van der Waals surface area contributed by atoms with Crippen molar-refractivity contribution < 1.29 is 19.1 Å². The Hall–Kier alpha value is -1.97. The Morgan fingerprint density at radius 2 is 2.27 bits per heavy atom. The summed E-state index contributed by atoms with van der Waals surface area (Å²) in [5.74, 6) is -0.451. The Bertz CT molecular complexity index is 525. The van der Waals surface area contributed by atoms with Gasteiger partial charge in [0.2, 0.25) is 0 Å². The highest BCUT2D eigenvalue weighted by Gasteiger charge is 2.18. The molecule has 2 rings (SSSR count). The van der Waals surface area contributed by atoms with Gasteiger partial charge in [-0.05, 0) is 13.0 Å². The Balaban J connectivity index is 2.83. The van der Waals surface area contributed by atoms with Gasteiger partial charge in [0, 0.05) is 17.0 Å². The van der Waals surface area contributed by atoms with Crippen molar-refractivity contribution in [2.45, 2.75) is 6.92 Å². The standard InChI is InChI=1S/C11H10O4/c1-6-8(12)5-9-7(3-4-15-9)10(6)11(13)14-2/h3-5,12H,1-2H3. The number of furan rings is 1. The van der Waals surface area contributed by atoms with Gasteiger partial charge < -0.3 is 14.3 Å². The van der Waals surface area contributed by atoms with E-state index < -0.39 is 5.97 Å². The average molecular weight is 206 g/mol. The molecule has 78 valence electrons. The monoisotopic (exact) mass is 206 g/mol. The van der Waals surface area contributed by atoms with E-state index in [9.17, 15) is 9.90 Å². The molecule has 0 fully saturated rings. The van der Waals surface area contributed by atoms with Crippen LogP contribution in [0.3, 0.4) is 0 Å². The first-order chi connectivity index (χ1) is 7.15. The van der Waals surface area contributed by atoms with Crippen LogP contribution in [0.2, 0.25) is 0 Å². The molecule has 0 radical (unpaired) electrons. The van der Waals surface area contributed by atoms with Crippen LogP contribution in [0.15, 0.2) is 22.8 Å². The van der Waals surface area contributed by atoms with Gasteiger partial charge in [-0.1, -0.05) is 0 Å². The van der Waals surface area contributed by atoms with Gasteiger partial charge in [-0.2, -0.15) is 0 Å². The smallest absolute Gasteiger partial charge is 0.339 e. The lowest BCUT2D eigenvalue weighted by Crippen LogP contribution is -2.04. The summed E-state index contributed by atoms with van der Waals surface area (Å²) in [5, 5.41) is 10.2. The van der Waals surface area contributed by atoms with Crippen LogP contribution < -0.4 is 0 Å². The number of phenols is 1. The van der Waals surface area contributed by atoms with Crippen LogP contribution in [0.1, 0.15) is 15.9 Å². The lowest BCUT2D eigenvalue weighted by molar-refractivity contribution is 0.0601. The van der Waals surface area contributed by atoms with Crippen LogP contribution in [-0.2, 0) is 4.74 Å². The van der Waals surface area contributed by atoms with Gasteiger partial charge >= 0.3 is 5.97 Å². The molecule has 0 saturated carbocycles. The van der Waals surface area contributed by atoms with E-state index in [-0.39, 0.29) is 5.75 Å². The van der Waals surface area contributed by atoms with E-state index >= 15 is 0 Å². The number of esters is 1. The summed E-state index contributed by atoms with van der Waals surface area (Å²) in [6.07, 6.45) is 1.47. The molecule has 1 aromatic carbocycles. The predicted octanol–water partition coefficient (Wildman–Crippen LogP) is 2.23. The van der Waals surface area contributed by atoms with Gasteiger partial charge in [0.05, 0.1) is 18.9 Å². The number of hydrogen-bond acceptors (Lipinski definition) is 4. The van der Waals surface area contributed by atoms with E-state index in [4.69, 9.17) is 4.42 Å². The highest BCUT2D eigenvalue weighted by atomic mass is 16.5. The Labute approximate surface area is 86.1 Å². The van der Waals surface area contributed by atoms with Crippen molar-refractivity contribution in [2.75, 3.05) is 7.11 Å². The van der Waals surface area contributed by atoms with Crippen molar-refractivity contribution in [3.05, 3.63) is 29.5 Å². The third-order valence-electron chi connectivity index (χ3n) is 2.38. The van der Waals surface area contributed by atoms with Gasteiger partial charge in [0.15, 0.2) is 0 Å². The van der Waals surface area contributed by atoms with Crippen LogP contribution in [0.25, 0.3) is 11.0 Å². The summed E-state index contributed by atoms with van der Waals surface area (Å²) in [7, 11) is 1.30. The molecule has 0 spiro atoms.